The summed E-state index contributed by atoms with van der Waals surface area (Å²) in [6.45, 7) is 4.30. The lowest BCUT2D eigenvalue weighted by Gasteiger charge is -2.13. The Morgan fingerprint density at radius 2 is 2.04 bits per heavy atom. The number of halogens is 3. The van der Waals surface area contributed by atoms with Crippen molar-refractivity contribution < 1.29 is 17.9 Å². The van der Waals surface area contributed by atoms with E-state index >= 15 is 0 Å². The number of methoxy groups -OCH3 is 1. The van der Waals surface area contributed by atoms with E-state index < -0.39 is 11.7 Å². The topological polar surface area (TPSA) is 76.9 Å². The predicted molar refractivity (Wildman–Crippen MR) is 83.3 cm³/mol. The minimum atomic E-state index is -4.52. The molecule has 7 nitrogen and oxygen atoms in total. The standard InChI is InChI=1S/C14H19F3N6O/c1-8(24-4)7-23-9(2)11(6-20-23)21-13-19-5-10(14(15,16)17)12(18-3)22-13/h5-6,8H,7H2,1-4H3,(H2,18,19,21,22). The lowest BCUT2D eigenvalue weighted by atomic mass is 10.3. The van der Waals surface area contributed by atoms with Crippen LogP contribution < -0.4 is 10.6 Å². The Bertz CT molecular complexity index is 700. The van der Waals surface area contributed by atoms with Gasteiger partial charge in [-0.05, 0) is 13.8 Å². The zero-order valence-electron chi connectivity index (χ0n) is 13.8. The quantitative estimate of drug-likeness (QED) is 0.839. The van der Waals surface area contributed by atoms with Gasteiger partial charge in [-0.15, -0.1) is 0 Å². The Morgan fingerprint density at radius 3 is 2.62 bits per heavy atom. The summed E-state index contributed by atoms with van der Waals surface area (Å²) < 4.78 is 45.5. The summed E-state index contributed by atoms with van der Waals surface area (Å²) in [6.07, 6.45) is -2.23. The molecule has 1 atom stereocenters. The average molecular weight is 344 g/mol. The summed E-state index contributed by atoms with van der Waals surface area (Å²) in [5.74, 6) is -0.243. The van der Waals surface area contributed by atoms with Crippen molar-refractivity contribution in [1.82, 2.24) is 19.7 Å². The van der Waals surface area contributed by atoms with Crippen LogP contribution in [0.25, 0.3) is 0 Å². The summed E-state index contributed by atoms with van der Waals surface area (Å²) in [5, 5.41) is 9.54. The zero-order valence-corrected chi connectivity index (χ0v) is 13.8. The predicted octanol–water partition coefficient (Wildman–Crippen LogP) is 2.82. The molecule has 0 saturated heterocycles. The molecule has 0 amide bonds. The number of nitrogens with one attached hydrogen (secondary N) is 2. The minimum Gasteiger partial charge on any atom is -0.380 e. The van der Waals surface area contributed by atoms with Gasteiger partial charge in [0.25, 0.3) is 0 Å². The van der Waals surface area contributed by atoms with E-state index in [1.807, 2.05) is 13.8 Å². The lowest BCUT2D eigenvalue weighted by Crippen LogP contribution is -2.16. The Hall–Kier alpha value is -2.36. The third-order valence-electron chi connectivity index (χ3n) is 3.51. The second-order valence-corrected chi connectivity index (χ2v) is 5.20. The maximum atomic E-state index is 12.9. The van der Waals surface area contributed by atoms with Crippen LogP contribution in [0.2, 0.25) is 0 Å². The molecular formula is C14H19F3N6O. The molecule has 0 spiro atoms. The molecule has 2 heterocycles. The number of ether oxygens (including phenoxy) is 1. The normalized spacial score (nSPS) is 13.0. The molecule has 24 heavy (non-hydrogen) atoms. The van der Waals surface area contributed by atoms with Gasteiger partial charge in [0.15, 0.2) is 0 Å². The molecule has 2 aromatic heterocycles. The number of aromatic nitrogens is 4. The van der Waals surface area contributed by atoms with Gasteiger partial charge < -0.3 is 15.4 Å². The first kappa shape index (κ1) is 18.0. The van der Waals surface area contributed by atoms with Gasteiger partial charge in [0.05, 0.1) is 30.2 Å². The Balaban J connectivity index is 2.23. The van der Waals surface area contributed by atoms with Crippen LogP contribution in [0.5, 0.6) is 0 Å². The van der Waals surface area contributed by atoms with Crippen molar-refractivity contribution in [3.8, 4) is 0 Å². The van der Waals surface area contributed by atoms with E-state index in [-0.39, 0.29) is 17.9 Å². The minimum absolute atomic E-state index is 0.0188. The van der Waals surface area contributed by atoms with E-state index in [1.54, 1.807) is 18.0 Å². The molecule has 0 aliphatic heterocycles. The van der Waals surface area contributed by atoms with Gasteiger partial charge >= 0.3 is 6.18 Å². The lowest BCUT2D eigenvalue weighted by molar-refractivity contribution is -0.137. The molecule has 2 aromatic rings. The Kier molecular flexibility index (Phi) is 5.27. The smallest absolute Gasteiger partial charge is 0.380 e. The fourth-order valence-electron chi connectivity index (χ4n) is 2.03. The number of hydrogen-bond acceptors (Lipinski definition) is 6. The summed E-state index contributed by atoms with van der Waals surface area (Å²) in [6, 6.07) is 0. The molecule has 0 fully saturated rings. The maximum Gasteiger partial charge on any atom is 0.421 e. The van der Waals surface area contributed by atoms with Crippen molar-refractivity contribution in [2.24, 2.45) is 0 Å². The van der Waals surface area contributed by atoms with Crippen LogP contribution in [-0.4, -0.2) is 40.0 Å². The molecule has 2 N–H and O–H groups in total. The van der Waals surface area contributed by atoms with Crippen molar-refractivity contribution >= 4 is 17.5 Å². The van der Waals surface area contributed by atoms with Crippen molar-refractivity contribution in [2.45, 2.75) is 32.7 Å². The van der Waals surface area contributed by atoms with Gasteiger partial charge in [-0.25, -0.2) is 4.98 Å². The maximum absolute atomic E-state index is 12.9. The summed E-state index contributed by atoms with van der Waals surface area (Å²) >= 11 is 0. The van der Waals surface area contributed by atoms with Crippen molar-refractivity contribution in [1.29, 1.82) is 0 Å². The third kappa shape index (κ3) is 3.94. The molecule has 0 aliphatic rings. The van der Waals surface area contributed by atoms with Crippen LogP contribution in [0.1, 0.15) is 18.2 Å². The molecular weight excluding hydrogens is 325 g/mol. The van der Waals surface area contributed by atoms with Crippen LogP contribution >= 0.6 is 0 Å². The van der Waals surface area contributed by atoms with Crippen molar-refractivity contribution in [3.63, 3.8) is 0 Å². The number of hydrogen-bond donors (Lipinski definition) is 2. The van der Waals surface area contributed by atoms with Gasteiger partial charge in [0.1, 0.15) is 11.4 Å². The highest BCUT2D eigenvalue weighted by atomic mass is 19.4. The van der Waals surface area contributed by atoms with Crippen LogP contribution in [0.3, 0.4) is 0 Å². The zero-order chi connectivity index (χ0) is 17.9. The van der Waals surface area contributed by atoms with Crippen LogP contribution in [-0.2, 0) is 17.5 Å². The van der Waals surface area contributed by atoms with E-state index in [4.69, 9.17) is 4.74 Å². The van der Waals surface area contributed by atoms with E-state index in [1.165, 1.54) is 7.05 Å². The summed E-state index contributed by atoms with van der Waals surface area (Å²) in [7, 11) is 2.98. The molecule has 0 saturated carbocycles. The molecule has 0 bridgehead atoms. The molecule has 0 radical (unpaired) electrons. The first-order valence-corrected chi connectivity index (χ1v) is 7.20. The highest BCUT2D eigenvalue weighted by Crippen LogP contribution is 2.33. The second kappa shape index (κ2) is 7.04. The van der Waals surface area contributed by atoms with Gasteiger partial charge in [-0.2, -0.15) is 23.3 Å². The highest BCUT2D eigenvalue weighted by molar-refractivity contribution is 5.57. The van der Waals surface area contributed by atoms with E-state index in [0.717, 1.165) is 11.9 Å². The number of alkyl halides is 3. The van der Waals surface area contributed by atoms with Gasteiger partial charge in [-0.3, -0.25) is 4.68 Å². The highest BCUT2D eigenvalue weighted by Gasteiger charge is 2.35. The van der Waals surface area contributed by atoms with Crippen molar-refractivity contribution in [2.75, 3.05) is 24.8 Å². The summed E-state index contributed by atoms with van der Waals surface area (Å²) in [4.78, 5) is 7.60. The first-order valence-electron chi connectivity index (χ1n) is 7.20. The SMILES string of the molecule is CNc1nc(Nc2cnn(CC(C)OC)c2C)ncc1C(F)(F)F. The van der Waals surface area contributed by atoms with E-state index in [0.29, 0.717) is 12.2 Å². The monoisotopic (exact) mass is 344 g/mol. The molecule has 0 aromatic carbocycles. The van der Waals surface area contributed by atoms with Crippen LogP contribution in [0.4, 0.5) is 30.6 Å². The van der Waals surface area contributed by atoms with Gasteiger partial charge in [0, 0.05) is 20.4 Å². The third-order valence-corrected chi connectivity index (χ3v) is 3.51. The van der Waals surface area contributed by atoms with Gasteiger partial charge in [0.2, 0.25) is 5.95 Å². The summed E-state index contributed by atoms with van der Waals surface area (Å²) in [5.41, 5.74) is 0.491. The Labute approximate surface area is 137 Å². The van der Waals surface area contributed by atoms with E-state index in [2.05, 4.69) is 25.7 Å². The van der Waals surface area contributed by atoms with Gasteiger partial charge in [-0.1, -0.05) is 0 Å². The molecule has 132 valence electrons. The Morgan fingerprint density at radius 1 is 1.33 bits per heavy atom. The molecule has 10 heteroatoms. The number of anilines is 3. The first-order chi connectivity index (χ1) is 11.3. The fourth-order valence-corrected chi connectivity index (χ4v) is 2.03. The molecule has 2 rings (SSSR count). The molecule has 1 unspecified atom stereocenters. The fraction of sp³-hybridized carbons (Fsp3) is 0.500. The number of rotatable bonds is 6. The largest absolute Gasteiger partial charge is 0.421 e. The van der Waals surface area contributed by atoms with Crippen molar-refractivity contribution in [3.05, 3.63) is 23.7 Å². The number of nitrogens with zero attached hydrogens (tertiary/aromatic N) is 4. The van der Waals surface area contributed by atoms with Crippen LogP contribution in [0.15, 0.2) is 12.4 Å². The van der Waals surface area contributed by atoms with Crippen LogP contribution in [0, 0.1) is 6.92 Å². The molecule has 0 aliphatic carbocycles. The van der Waals surface area contributed by atoms with E-state index in [9.17, 15) is 13.2 Å². The average Bonchev–Trinajstić information content (AvgIpc) is 2.86. The second-order valence-electron chi connectivity index (χ2n) is 5.20.